The van der Waals surface area contributed by atoms with Gasteiger partial charge in [-0.3, -0.25) is 9.59 Å². The highest BCUT2D eigenvalue weighted by atomic mass is 16.5. The second-order valence-electron chi connectivity index (χ2n) is 10.4. The molecule has 3 aromatic rings. The van der Waals surface area contributed by atoms with E-state index < -0.39 is 17.7 Å². The van der Waals surface area contributed by atoms with Gasteiger partial charge < -0.3 is 24.4 Å². The standard InChI is InChI=1S/C35H42N2O5/c1-4-7-24-41-29-20-16-28(17-21-29)33(38)31-32(37(35(40)34(31)39)23-11-22-36(5-2)6-3)27-14-18-30(19-15-27)42-25-26-12-9-8-10-13-26/h8-10,12-21,32,38H,4-7,11,22-25H2,1-3H3. The molecule has 1 N–H and O–H groups in total. The van der Waals surface area contributed by atoms with Gasteiger partial charge in [0.25, 0.3) is 11.7 Å². The summed E-state index contributed by atoms with van der Waals surface area (Å²) >= 11 is 0. The summed E-state index contributed by atoms with van der Waals surface area (Å²) < 4.78 is 11.7. The Labute approximate surface area is 249 Å². The SMILES string of the molecule is CCCCOc1ccc(C(O)=C2C(=O)C(=O)N(CCCN(CC)CC)C2c2ccc(OCc3ccccc3)cc2)cc1. The zero-order valence-electron chi connectivity index (χ0n) is 24.9. The predicted molar refractivity (Wildman–Crippen MR) is 165 cm³/mol. The molecule has 0 aliphatic carbocycles. The average Bonchev–Trinajstić information content (AvgIpc) is 3.28. The molecule has 0 saturated carbocycles. The number of aliphatic hydroxyl groups excluding tert-OH is 1. The van der Waals surface area contributed by atoms with Crippen LogP contribution in [-0.2, 0) is 16.2 Å². The molecule has 7 heteroatoms. The third-order valence-corrected chi connectivity index (χ3v) is 7.65. The van der Waals surface area contributed by atoms with Crippen LogP contribution in [-0.4, -0.2) is 59.4 Å². The van der Waals surface area contributed by atoms with E-state index in [9.17, 15) is 14.7 Å². The number of amides is 1. The second kappa shape index (κ2) is 15.2. The minimum Gasteiger partial charge on any atom is -0.507 e. The molecule has 1 amide bonds. The molecular weight excluding hydrogens is 528 g/mol. The fourth-order valence-electron chi connectivity index (χ4n) is 5.15. The first-order valence-electron chi connectivity index (χ1n) is 15.0. The van der Waals surface area contributed by atoms with Crippen LogP contribution in [0.3, 0.4) is 0 Å². The van der Waals surface area contributed by atoms with E-state index in [4.69, 9.17) is 9.47 Å². The lowest BCUT2D eigenvalue weighted by molar-refractivity contribution is -0.140. The zero-order chi connectivity index (χ0) is 29.9. The Morgan fingerprint density at radius 3 is 2.12 bits per heavy atom. The van der Waals surface area contributed by atoms with Gasteiger partial charge in [-0.05, 0) is 80.0 Å². The van der Waals surface area contributed by atoms with Crippen molar-refractivity contribution in [2.75, 3.05) is 32.8 Å². The quantitative estimate of drug-likeness (QED) is 0.0960. The van der Waals surface area contributed by atoms with Crippen molar-refractivity contribution in [1.29, 1.82) is 0 Å². The van der Waals surface area contributed by atoms with Gasteiger partial charge in [-0.25, -0.2) is 0 Å². The minimum absolute atomic E-state index is 0.0976. The highest BCUT2D eigenvalue weighted by Gasteiger charge is 2.45. The van der Waals surface area contributed by atoms with E-state index >= 15 is 0 Å². The number of benzene rings is 3. The van der Waals surface area contributed by atoms with Crippen molar-refractivity contribution in [2.24, 2.45) is 0 Å². The lowest BCUT2D eigenvalue weighted by atomic mass is 9.95. The summed E-state index contributed by atoms with van der Waals surface area (Å²) in [5, 5.41) is 11.4. The first-order valence-corrected chi connectivity index (χ1v) is 15.0. The van der Waals surface area contributed by atoms with Gasteiger partial charge in [0.2, 0.25) is 0 Å². The molecule has 0 radical (unpaired) electrons. The van der Waals surface area contributed by atoms with Gasteiger partial charge in [-0.2, -0.15) is 0 Å². The molecule has 1 fully saturated rings. The van der Waals surface area contributed by atoms with Crippen LogP contribution in [0.4, 0.5) is 0 Å². The Hall–Kier alpha value is -4.10. The van der Waals surface area contributed by atoms with Crippen LogP contribution < -0.4 is 9.47 Å². The van der Waals surface area contributed by atoms with E-state index in [1.807, 2.05) is 54.6 Å². The maximum Gasteiger partial charge on any atom is 0.295 e. The first kappa shape index (κ1) is 30.8. The summed E-state index contributed by atoms with van der Waals surface area (Å²) in [4.78, 5) is 30.7. The Kier molecular flexibility index (Phi) is 11.2. The van der Waals surface area contributed by atoms with Gasteiger partial charge in [0.05, 0.1) is 18.2 Å². The van der Waals surface area contributed by atoms with Crippen LogP contribution in [0.5, 0.6) is 11.5 Å². The monoisotopic (exact) mass is 570 g/mol. The molecule has 42 heavy (non-hydrogen) atoms. The number of Topliss-reactive ketones (excluding diaryl/α,β-unsaturated/α-hetero) is 1. The Balaban J connectivity index is 1.62. The minimum atomic E-state index is -0.703. The summed E-state index contributed by atoms with van der Waals surface area (Å²) in [5.41, 5.74) is 2.36. The van der Waals surface area contributed by atoms with Gasteiger partial charge in [-0.15, -0.1) is 0 Å². The number of ketones is 1. The number of aliphatic hydroxyl groups is 1. The van der Waals surface area contributed by atoms with Gasteiger partial charge in [0.1, 0.15) is 23.9 Å². The highest BCUT2D eigenvalue weighted by molar-refractivity contribution is 6.46. The van der Waals surface area contributed by atoms with Gasteiger partial charge in [-0.1, -0.05) is 69.7 Å². The third kappa shape index (κ3) is 7.59. The van der Waals surface area contributed by atoms with Gasteiger partial charge >= 0.3 is 0 Å². The molecule has 1 heterocycles. The molecule has 3 aromatic carbocycles. The predicted octanol–water partition coefficient (Wildman–Crippen LogP) is 6.60. The lowest BCUT2D eigenvalue weighted by Gasteiger charge is -2.27. The molecule has 1 aliphatic rings. The summed E-state index contributed by atoms with van der Waals surface area (Å²) in [6.07, 6.45) is 2.71. The summed E-state index contributed by atoms with van der Waals surface area (Å²) in [6, 6.07) is 23.6. The Morgan fingerprint density at radius 2 is 1.48 bits per heavy atom. The number of ether oxygens (including phenoxy) is 2. The highest BCUT2D eigenvalue weighted by Crippen LogP contribution is 2.40. The average molecular weight is 571 g/mol. The molecule has 0 spiro atoms. The van der Waals surface area contributed by atoms with E-state index in [1.165, 1.54) is 0 Å². The van der Waals surface area contributed by atoms with Crippen molar-refractivity contribution in [2.45, 2.75) is 52.7 Å². The molecule has 1 atom stereocenters. The van der Waals surface area contributed by atoms with Crippen molar-refractivity contribution < 1.29 is 24.2 Å². The maximum absolute atomic E-state index is 13.4. The number of likely N-dealkylation sites (tertiary alicyclic amines) is 1. The molecule has 0 aromatic heterocycles. The largest absolute Gasteiger partial charge is 0.507 e. The number of nitrogens with zero attached hydrogens (tertiary/aromatic N) is 2. The fourth-order valence-corrected chi connectivity index (χ4v) is 5.15. The number of carbonyl (C=O) groups is 2. The van der Waals surface area contributed by atoms with Crippen LogP contribution in [0, 0.1) is 0 Å². The lowest BCUT2D eigenvalue weighted by Crippen LogP contribution is -2.33. The van der Waals surface area contributed by atoms with Crippen molar-refractivity contribution in [1.82, 2.24) is 9.80 Å². The first-order chi connectivity index (χ1) is 20.5. The number of unbranched alkanes of at least 4 members (excludes halogenated alkanes) is 1. The van der Waals surface area contributed by atoms with Gasteiger partial charge in [0, 0.05) is 12.1 Å². The second-order valence-corrected chi connectivity index (χ2v) is 10.4. The summed E-state index contributed by atoms with van der Waals surface area (Å²) in [7, 11) is 0. The zero-order valence-corrected chi connectivity index (χ0v) is 24.9. The maximum atomic E-state index is 13.4. The summed E-state index contributed by atoms with van der Waals surface area (Å²) in [5.74, 6) is -0.0774. The molecular formula is C35H42N2O5. The van der Waals surface area contributed by atoms with E-state index in [0.29, 0.717) is 43.2 Å². The van der Waals surface area contributed by atoms with E-state index in [0.717, 1.165) is 43.6 Å². The normalized spacial score (nSPS) is 16.3. The smallest absolute Gasteiger partial charge is 0.295 e. The molecule has 1 saturated heterocycles. The van der Waals surface area contributed by atoms with Crippen molar-refractivity contribution in [3.63, 3.8) is 0 Å². The number of carbonyl (C=O) groups excluding carboxylic acids is 2. The Bertz CT molecular complexity index is 1330. The Morgan fingerprint density at radius 1 is 0.833 bits per heavy atom. The third-order valence-electron chi connectivity index (χ3n) is 7.65. The van der Waals surface area contributed by atoms with E-state index in [-0.39, 0.29) is 11.3 Å². The molecule has 4 rings (SSSR count). The van der Waals surface area contributed by atoms with Crippen LogP contribution in [0.25, 0.3) is 5.76 Å². The van der Waals surface area contributed by atoms with Crippen LogP contribution >= 0.6 is 0 Å². The van der Waals surface area contributed by atoms with Crippen LogP contribution in [0.2, 0.25) is 0 Å². The molecule has 7 nitrogen and oxygen atoms in total. The van der Waals surface area contributed by atoms with E-state index in [2.05, 4.69) is 25.7 Å². The van der Waals surface area contributed by atoms with Crippen LogP contribution in [0.15, 0.2) is 84.4 Å². The van der Waals surface area contributed by atoms with Gasteiger partial charge in [0.15, 0.2) is 0 Å². The summed E-state index contributed by atoms with van der Waals surface area (Å²) in [6.45, 7) is 10.4. The van der Waals surface area contributed by atoms with Crippen molar-refractivity contribution in [3.8, 4) is 11.5 Å². The molecule has 222 valence electrons. The number of rotatable bonds is 15. The van der Waals surface area contributed by atoms with E-state index in [1.54, 1.807) is 29.2 Å². The number of hydrogen-bond acceptors (Lipinski definition) is 6. The fraction of sp³-hybridized carbons (Fsp3) is 0.371. The number of hydrogen-bond donors (Lipinski definition) is 1. The molecule has 1 unspecified atom stereocenters. The topological polar surface area (TPSA) is 79.3 Å². The van der Waals surface area contributed by atoms with Crippen molar-refractivity contribution in [3.05, 3.63) is 101 Å². The molecule has 1 aliphatic heterocycles. The van der Waals surface area contributed by atoms with Crippen molar-refractivity contribution >= 4 is 17.4 Å². The van der Waals surface area contributed by atoms with Crippen LogP contribution in [0.1, 0.15) is 62.8 Å². The molecule has 0 bridgehead atoms.